The molecular formula is C30H27NO6. The molecule has 0 fully saturated rings. The minimum absolute atomic E-state index is 0.0179. The van der Waals surface area contributed by atoms with Gasteiger partial charge in [0, 0.05) is 12.1 Å². The largest absolute Gasteiger partial charge is 0.490 e. The first-order chi connectivity index (χ1) is 18.1. The van der Waals surface area contributed by atoms with Crippen LogP contribution in [0.2, 0.25) is 0 Å². The van der Waals surface area contributed by atoms with Crippen LogP contribution in [0.1, 0.15) is 16.7 Å². The molecule has 7 nitrogen and oxygen atoms in total. The summed E-state index contributed by atoms with van der Waals surface area (Å²) in [4.78, 5) is 10.4. The number of benzene rings is 4. The normalized spacial score (nSPS) is 10.4. The summed E-state index contributed by atoms with van der Waals surface area (Å²) in [7, 11) is 0. The summed E-state index contributed by atoms with van der Waals surface area (Å²) in [5.74, 6) is 2.52. The molecule has 0 atom stereocenters. The van der Waals surface area contributed by atoms with Crippen LogP contribution >= 0.6 is 0 Å². The Morgan fingerprint density at radius 2 is 1.22 bits per heavy atom. The van der Waals surface area contributed by atoms with E-state index in [0.717, 1.165) is 22.4 Å². The van der Waals surface area contributed by atoms with E-state index in [9.17, 15) is 10.1 Å². The van der Waals surface area contributed by atoms with Gasteiger partial charge in [-0.25, -0.2) is 0 Å². The van der Waals surface area contributed by atoms with Gasteiger partial charge in [0.15, 0.2) is 11.5 Å². The Kier molecular flexibility index (Phi) is 8.75. The highest BCUT2D eigenvalue weighted by molar-refractivity contribution is 5.44. The van der Waals surface area contributed by atoms with Crippen LogP contribution in [0.25, 0.3) is 0 Å². The van der Waals surface area contributed by atoms with Gasteiger partial charge in [-0.2, -0.15) is 0 Å². The predicted octanol–water partition coefficient (Wildman–Crippen LogP) is 6.90. The van der Waals surface area contributed by atoms with Gasteiger partial charge in [-0.1, -0.05) is 61.2 Å². The molecule has 0 saturated heterocycles. The van der Waals surface area contributed by atoms with E-state index >= 15 is 0 Å². The van der Waals surface area contributed by atoms with Crippen LogP contribution in [0.3, 0.4) is 0 Å². The fourth-order valence-corrected chi connectivity index (χ4v) is 3.44. The van der Waals surface area contributed by atoms with Crippen molar-refractivity contribution in [1.29, 1.82) is 0 Å². The van der Waals surface area contributed by atoms with Crippen molar-refractivity contribution in [2.45, 2.75) is 19.8 Å². The van der Waals surface area contributed by atoms with Gasteiger partial charge in [0.25, 0.3) is 5.69 Å². The molecular weight excluding hydrogens is 470 g/mol. The highest BCUT2D eigenvalue weighted by Gasteiger charge is 2.10. The van der Waals surface area contributed by atoms with Gasteiger partial charge in [-0.3, -0.25) is 10.1 Å². The Labute approximate surface area is 215 Å². The Morgan fingerprint density at radius 1 is 0.649 bits per heavy atom. The Morgan fingerprint density at radius 3 is 1.89 bits per heavy atom. The van der Waals surface area contributed by atoms with Crippen molar-refractivity contribution in [3.8, 4) is 23.0 Å². The lowest BCUT2D eigenvalue weighted by atomic mass is 10.2. The second kappa shape index (κ2) is 12.8. The number of rotatable bonds is 13. The molecule has 0 radical (unpaired) electrons. The number of hydrogen-bond acceptors (Lipinski definition) is 6. The lowest BCUT2D eigenvalue weighted by molar-refractivity contribution is -0.384. The van der Waals surface area contributed by atoms with Crippen LogP contribution in [0, 0.1) is 10.1 Å². The average molecular weight is 498 g/mol. The third-order valence-electron chi connectivity index (χ3n) is 5.38. The highest BCUT2D eigenvalue weighted by atomic mass is 16.6. The average Bonchev–Trinajstić information content (AvgIpc) is 2.94. The standard InChI is InChI=1S/C30H27NO6/c1-2-18-34-27-13-8-24(9-14-27)21-36-29-17-10-25(19-30(29)37-20-23-6-4-3-5-7-23)22-35-28-15-11-26(12-16-28)31(32)33/h2-17,19H,1,18,20-22H2. The van der Waals surface area contributed by atoms with E-state index in [1.54, 1.807) is 18.2 Å². The summed E-state index contributed by atoms with van der Waals surface area (Å²) < 4.78 is 23.6. The van der Waals surface area contributed by atoms with Crippen molar-refractivity contribution < 1.29 is 23.9 Å². The van der Waals surface area contributed by atoms with Crippen LogP contribution in [0.5, 0.6) is 23.0 Å². The van der Waals surface area contributed by atoms with E-state index in [0.29, 0.717) is 37.1 Å². The first-order valence-electron chi connectivity index (χ1n) is 11.7. The predicted molar refractivity (Wildman–Crippen MR) is 141 cm³/mol. The monoisotopic (exact) mass is 497 g/mol. The van der Waals surface area contributed by atoms with Gasteiger partial charge in [0.1, 0.15) is 37.9 Å². The molecule has 0 bridgehead atoms. The molecule has 0 N–H and O–H groups in total. The van der Waals surface area contributed by atoms with Gasteiger partial charge in [0.2, 0.25) is 0 Å². The molecule has 0 aliphatic carbocycles. The number of ether oxygens (including phenoxy) is 4. The summed E-state index contributed by atoms with van der Waals surface area (Å²) >= 11 is 0. The molecule has 4 aromatic carbocycles. The van der Waals surface area contributed by atoms with E-state index in [1.165, 1.54) is 12.1 Å². The number of nitro groups is 1. The minimum Gasteiger partial charge on any atom is -0.490 e. The third kappa shape index (κ3) is 7.60. The van der Waals surface area contributed by atoms with Gasteiger partial charge in [-0.15, -0.1) is 0 Å². The molecule has 0 aromatic heterocycles. The Hall–Kier alpha value is -4.78. The maximum absolute atomic E-state index is 10.9. The van der Waals surface area contributed by atoms with Crippen molar-refractivity contribution in [3.05, 3.63) is 137 Å². The molecule has 0 spiro atoms. The minimum atomic E-state index is -0.441. The van der Waals surface area contributed by atoms with E-state index in [4.69, 9.17) is 18.9 Å². The topological polar surface area (TPSA) is 80.1 Å². The molecule has 0 amide bonds. The van der Waals surface area contributed by atoms with E-state index in [1.807, 2.05) is 72.8 Å². The number of nitrogens with zero attached hydrogens (tertiary/aromatic N) is 1. The second-order valence-corrected chi connectivity index (χ2v) is 8.13. The molecule has 7 heteroatoms. The highest BCUT2D eigenvalue weighted by Crippen LogP contribution is 2.31. The molecule has 0 saturated carbocycles. The van der Waals surface area contributed by atoms with Crippen LogP contribution < -0.4 is 18.9 Å². The molecule has 37 heavy (non-hydrogen) atoms. The van der Waals surface area contributed by atoms with Gasteiger partial charge >= 0.3 is 0 Å². The number of non-ortho nitro benzene ring substituents is 1. The zero-order chi connectivity index (χ0) is 25.9. The van der Waals surface area contributed by atoms with E-state index < -0.39 is 4.92 Å². The zero-order valence-electron chi connectivity index (χ0n) is 20.2. The van der Waals surface area contributed by atoms with E-state index in [2.05, 4.69) is 6.58 Å². The quantitative estimate of drug-likeness (QED) is 0.114. The van der Waals surface area contributed by atoms with Crippen LogP contribution in [0.15, 0.2) is 110 Å². The van der Waals surface area contributed by atoms with Crippen molar-refractivity contribution in [2.24, 2.45) is 0 Å². The van der Waals surface area contributed by atoms with Crippen LogP contribution in [0.4, 0.5) is 5.69 Å². The van der Waals surface area contributed by atoms with Crippen molar-refractivity contribution in [1.82, 2.24) is 0 Å². The maximum Gasteiger partial charge on any atom is 0.269 e. The number of hydrogen-bond donors (Lipinski definition) is 0. The molecule has 0 heterocycles. The molecule has 0 unspecified atom stereocenters. The van der Waals surface area contributed by atoms with Crippen molar-refractivity contribution in [3.63, 3.8) is 0 Å². The molecule has 0 aliphatic rings. The van der Waals surface area contributed by atoms with Crippen LogP contribution in [-0.4, -0.2) is 11.5 Å². The fourth-order valence-electron chi connectivity index (χ4n) is 3.44. The number of nitro benzene ring substituents is 1. The summed E-state index contributed by atoms with van der Waals surface area (Å²) in [5, 5.41) is 10.9. The van der Waals surface area contributed by atoms with Crippen molar-refractivity contribution in [2.75, 3.05) is 6.61 Å². The van der Waals surface area contributed by atoms with Gasteiger partial charge in [0.05, 0.1) is 4.92 Å². The summed E-state index contributed by atoms with van der Waals surface area (Å²) in [6, 6.07) is 29.2. The Balaban J connectivity index is 1.44. The second-order valence-electron chi connectivity index (χ2n) is 8.13. The van der Waals surface area contributed by atoms with Gasteiger partial charge < -0.3 is 18.9 Å². The van der Waals surface area contributed by atoms with E-state index in [-0.39, 0.29) is 12.3 Å². The first kappa shape index (κ1) is 25.3. The first-order valence-corrected chi connectivity index (χ1v) is 11.7. The molecule has 4 aromatic rings. The van der Waals surface area contributed by atoms with Crippen LogP contribution in [-0.2, 0) is 19.8 Å². The maximum atomic E-state index is 10.9. The molecule has 4 rings (SSSR count). The SMILES string of the molecule is C=CCOc1ccc(COc2ccc(COc3ccc([N+](=O)[O-])cc3)cc2OCc2ccccc2)cc1. The molecule has 0 aliphatic heterocycles. The fraction of sp³-hybridized carbons (Fsp3) is 0.133. The Bertz CT molecular complexity index is 1300. The zero-order valence-corrected chi connectivity index (χ0v) is 20.2. The van der Waals surface area contributed by atoms with Gasteiger partial charge in [-0.05, 0) is 53.1 Å². The lowest BCUT2D eigenvalue weighted by Crippen LogP contribution is -2.03. The summed E-state index contributed by atoms with van der Waals surface area (Å²) in [5.41, 5.74) is 2.92. The third-order valence-corrected chi connectivity index (χ3v) is 5.38. The molecule has 188 valence electrons. The summed E-state index contributed by atoms with van der Waals surface area (Å²) in [6.07, 6.45) is 1.70. The smallest absolute Gasteiger partial charge is 0.269 e. The lowest BCUT2D eigenvalue weighted by Gasteiger charge is -2.15. The van der Waals surface area contributed by atoms with Crippen molar-refractivity contribution >= 4 is 5.69 Å². The summed E-state index contributed by atoms with van der Waals surface area (Å²) in [6.45, 7) is 5.13.